The summed E-state index contributed by atoms with van der Waals surface area (Å²) < 4.78 is 5.60. The van der Waals surface area contributed by atoms with Crippen LogP contribution < -0.4 is 5.73 Å². The molecule has 1 amide bonds. The van der Waals surface area contributed by atoms with E-state index in [1.54, 1.807) is 18.3 Å². The second kappa shape index (κ2) is 6.31. The third kappa shape index (κ3) is 3.54. The highest BCUT2D eigenvalue weighted by Gasteiger charge is 2.24. The van der Waals surface area contributed by atoms with Crippen LogP contribution in [0.2, 0.25) is 0 Å². The van der Waals surface area contributed by atoms with Crippen LogP contribution in [0.25, 0.3) is 0 Å². The van der Waals surface area contributed by atoms with Gasteiger partial charge >= 0.3 is 0 Å². The standard InChI is InChI=1S/C13H20N2O2S/c1-10(14)13(16)15(8-11-4-2-6-17-11)9-12-5-3-7-18-12/h3,5,7,10-11H,2,4,6,8-9,14H2,1H3/t10-,11-/m0/s1. The molecule has 5 heteroatoms. The minimum absolute atomic E-state index is 0.00102. The van der Waals surface area contributed by atoms with Crippen molar-refractivity contribution in [1.82, 2.24) is 4.90 Å². The van der Waals surface area contributed by atoms with E-state index in [-0.39, 0.29) is 12.0 Å². The second-order valence-corrected chi connectivity index (χ2v) is 5.75. The fourth-order valence-corrected chi connectivity index (χ4v) is 2.86. The Hall–Kier alpha value is -0.910. The zero-order valence-electron chi connectivity index (χ0n) is 10.7. The summed E-state index contributed by atoms with van der Waals surface area (Å²) in [5.74, 6) is -0.00102. The summed E-state index contributed by atoms with van der Waals surface area (Å²) in [5, 5.41) is 2.02. The molecule has 0 bridgehead atoms. The summed E-state index contributed by atoms with van der Waals surface area (Å²) in [6, 6.07) is 3.59. The van der Waals surface area contributed by atoms with Crippen molar-refractivity contribution in [1.29, 1.82) is 0 Å². The number of rotatable bonds is 5. The monoisotopic (exact) mass is 268 g/mol. The Morgan fingerprint density at radius 2 is 2.56 bits per heavy atom. The first-order valence-electron chi connectivity index (χ1n) is 6.35. The average Bonchev–Trinajstić information content (AvgIpc) is 2.99. The number of amides is 1. The van der Waals surface area contributed by atoms with Crippen LogP contribution in [0.5, 0.6) is 0 Å². The lowest BCUT2D eigenvalue weighted by Gasteiger charge is -2.26. The van der Waals surface area contributed by atoms with Gasteiger partial charge in [-0.15, -0.1) is 11.3 Å². The van der Waals surface area contributed by atoms with E-state index in [1.807, 2.05) is 22.4 Å². The van der Waals surface area contributed by atoms with Crippen LogP contribution in [0.3, 0.4) is 0 Å². The Balaban J connectivity index is 1.99. The molecule has 0 unspecified atom stereocenters. The van der Waals surface area contributed by atoms with Crippen molar-refractivity contribution in [2.75, 3.05) is 13.2 Å². The molecule has 2 heterocycles. The predicted molar refractivity (Wildman–Crippen MR) is 72.4 cm³/mol. The van der Waals surface area contributed by atoms with E-state index in [0.717, 1.165) is 19.4 Å². The highest BCUT2D eigenvalue weighted by atomic mass is 32.1. The van der Waals surface area contributed by atoms with Crippen LogP contribution in [0.15, 0.2) is 17.5 Å². The van der Waals surface area contributed by atoms with Crippen LogP contribution in [0.1, 0.15) is 24.6 Å². The number of carbonyl (C=O) groups excluding carboxylic acids is 1. The predicted octanol–water partition coefficient (Wildman–Crippen LogP) is 1.60. The number of nitrogens with zero attached hydrogens (tertiary/aromatic N) is 1. The lowest BCUT2D eigenvalue weighted by Crippen LogP contribution is -2.44. The molecule has 18 heavy (non-hydrogen) atoms. The van der Waals surface area contributed by atoms with E-state index in [0.29, 0.717) is 13.1 Å². The molecule has 0 aliphatic carbocycles. The SMILES string of the molecule is C[C@H](N)C(=O)N(Cc1cccs1)C[C@@H]1CCCO1. The molecule has 0 saturated carbocycles. The van der Waals surface area contributed by atoms with Crippen molar-refractivity contribution in [2.45, 2.75) is 38.5 Å². The van der Waals surface area contributed by atoms with Gasteiger partial charge < -0.3 is 15.4 Å². The lowest BCUT2D eigenvalue weighted by atomic mass is 10.2. The van der Waals surface area contributed by atoms with Crippen molar-refractivity contribution in [3.63, 3.8) is 0 Å². The molecular weight excluding hydrogens is 248 g/mol. The van der Waals surface area contributed by atoms with Gasteiger partial charge in [0, 0.05) is 18.0 Å². The van der Waals surface area contributed by atoms with Gasteiger partial charge in [0.25, 0.3) is 0 Å². The summed E-state index contributed by atoms with van der Waals surface area (Å²) in [7, 11) is 0. The van der Waals surface area contributed by atoms with E-state index in [2.05, 4.69) is 0 Å². The maximum Gasteiger partial charge on any atom is 0.239 e. The van der Waals surface area contributed by atoms with Crippen molar-refractivity contribution in [3.05, 3.63) is 22.4 Å². The molecule has 1 aromatic rings. The summed E-state index contributed by atoms with van der Waals surface area (Å²) >= 11 is 1.66. The Labute approximate surface area is 112 Å². The molecule has 0 aromatic carbocycles. The lowest BCUT2D eigenvalue weighted by molar-refractivity contribution is -0.134. The average molecular weight is 268 g/mol. The third-order valence-electron chi connectivity index (χ3n) is 3.08. The van der Waals surface area contributed by atoms with Gasteiger partial charge in [0.05, 0.1) is 18.7 Å². The number of carbonyl (C=O) groups is 1. The second-order valence-electron chi connectivity index (χ2n) is 4.72. The molecule has 2 rings (SSSR count). The van der Waals surface area contributed by atoms with Crippen molar-refractivity contribution >= 4 is 17.2 Å². The van der Waals surface area contributed by atoms with E-state index < -0.39 is 6.04 Å². The van der Waals surface area contributed by atoms with Gasteiger partial charge in [-0.1, -0.05) is 6.07 Å². The topological polar surface area (TPSA) is 55.6 Å². The summed E-state index contributed by atoms with van der Waals surface area (Å²) in [4.78, 5) is 15.1. The number of thiophene rings is 1. The first kappa shape index (κ1) is 13.5. The molecule has 2 N–H and O–H groups in total. The number of ether oxygens (including phenoxy) is 1. The van der Waals surface area contributed by atoms with Gasteiger partial charge in [0.15, 0.2) is 0 Å². The molecular formula is C13H20N2O2S. The highest BCUT2D eigenvalue weighted by Crippen LogP contribution is 2.17. The van der Waals surface area contributed by atoms with Gasteiger partial charge in [0.1, 0.15) is 0 Å². The minimum atomic E-state index is -0.452. The van der Waals surface area contributed by atoms with Crippen LogP contribution >= 0.6 is 11.3 Å². The minimum Gasteiger partial charge on any atom is -0.376 e. The Kier molecular flexibility index (Phi) is 4.74. The highest BCUT2D eigenvalue weighted by molar-refractivity contribution is 7.09. The molecule has 1 fully saturated rings. The van der Waals surface area contributed by atoms with E-state index in [4.69, 9.17) is 10.5 Å². The quantitative estimate of drug-likeness (QED) is 0.882. The maximum absolute atomic E-state index is 12.1. The zero-order chi connectivity index (χ0) is 13.0. The van der Waals surface area contributed by atoms with Crippen LogP contribution in [-0.2, 0) is 16.1 Å². The van der Waals surface area contributed by atoms with Crippen LogP contribution in [-0.4, -0.2) is 36.1 Å². The molecule has 1 aliphatic heterocycles. The summed E-state index contributed by atoms with van der Waals surface area (Å²) in [6.07, 6.45) is 2.30. The summed E-state index contributed by atoms with van der Waals surface area (Å²) in [5.41, 5.74) is 5.71. The van der Waals surface area contributed by atoms with Gasteiger partial charge in [-0.05, 0) is 31.2 Å². The molecule has 100 valence electrons. The van der Waals surface area contributed by atoms with Gasteiger partial charge in [-0.2, -0.15) is 0 Å². The summed E-state index contributed by atoms with van der Waals surface area (Å²) in [6.45, 7) is 3.83. The van der Waals surface area contributed by atoms with Crippen molar-refractivity contribution < 1.29 is 9.53 Å². The molecule has 0 spiro atoms. The van der Waals surface area contributed by atoms with Gasteiger partial charge in [0.2, 0.25) is 5.91 Å². The smallest absolute Gasteiger partial charge is 0.239 e. The van der Waals surface area contributed by atoms with Crippen molar-refractivity contribution in [2.24, 2.45) is 5.73 Å². The third-order valence-corrected chi connectivity index (χ3v) is 3.94. The molecule has 2 atom stereocenters. The fraction of sp³-hybridized carbons (Fsp3) is 0.615. The molecule has 1 saturated heterocycles. The Bertz CT molecular complexity index is 372. The maximum atomic E-state index is 12.1. The van der Waals surface area contributed by atoms with Gasteiger partial charge in [-0.25, -0.2) is 0 Å². The van der Waals surface area contributed by atoms with Gasteiger partial charge in [-0.3, -0.25) is 4.79 Å². The molecule has 1 aliphatic rings. The molecule has 1 aromatic heterocycles. The van der Waals surface area contributed by atoms with Crippen LogP contribution in [0.4, 0.5) is 0 Å². The number of nitrogens with two attached hydrogens (primary N) is 1. The largest absolute Gasteiger partial charge is 0.376 e. The number of hydrogen-bond acceptors (Lipinski definition) is 4. The Morgan fingerprint density at radius 3 is 3.11 bits per heavy atom. The van der Waals surface area contributed by atoms with E-state index >= 15 is 0 Å². The van der Waals surface area contributed by atoms with Crippen molar-refractivity contribution in [3.8, 4) is 0 Å². The zero-order valence-corrected chi connectivity index (χ0v) is 11.5. The Morgan fingerprint density at radius 1 is 1.72 bits per heavy atom. The molecule has 4 nitrogen and oxygen atoms in total. The van der Waals surface area contributed by atoms with E-state index in [1.165, 1.54) is 4.88 Å². The van der Waals surface area contributed by atoms with E-state index in [9.17, 15) is 4.79 Å². The first-order valence-corrected chi connectivity index (χ1v) is 7.23. The molecule has 0 radical (unpaired) electrons. The number of hydrogen-bond donors (Lipinski definition) is 1. The fourth-order valence-electron chi connectivity index (χ4n) is 2.15. The first-order chi connectivity index (χ1) is 8.66. The van der Waals surface area contributed by atoms with Crippen LogP contribution in [0, 0.1) is 0 Å². The normalized spacial score (nSPS) is 20.9.